The molecule has 1 atom stereocenters. The fourth-order valence-corrected chi connectivity index (χ4v) is 3.19. The lowest BCUT2D eigenvalue weighted by Gasteiger charge is -2.33. The minimum atomic E-state index is 0.398. The van der Waals surface area contributed by atoms with Gasteiger partial charge in [0.25, 0.3) is 0 Å². The molecule has 120 valence electrons. The summed E-state index contributed by atoms with van der Waals surface area (Å²) in [5, 5.41) is 0. The molecule has 0 aromatic carbocycles. The van der Waals surface area contributed by atoms with Gasteiger partial charge in [0.15, 0.2) is 0 Å². The number of hydrogen-bond acceptors (Lipinski definition) is 2. The first-order valence-electron chi connectivity index (χ1n) is 8.97. The molecule has 1 fully saturated rings. The summed E-state index contributed by atoms with van der Waals surface area (Å²) in [6, 6.07) is 0.398. The van der Waals surface area contributed by atoms with E-state index in [0.29, 0.717) is 6.04 Å². The highest BCUT2D eigenvalue weighted by molar-refractivity contribution is 4.79. The van der Waals surface area contributed by atoms with Crippen molar-refractivity contribution in [3.63, 3.8) is 0 Å². The van der Waals surface area contributed by atoms with Crippen LogP contribution in [0.5, 0.6) is 0 Å². The Balaban J connectivity index is 2.39. The van der Waals surface area contributed by atoms with Gasteiger partial charge in [0.05, 0.1) is 0 Å². The zero-order chi connectivity index (χ0) is 15.0. The number of nitrogens with two attached hydrogens (primary N) is 1. The highest BCUT2D eigenvalue weighted by Gasteiger charge is 2.22. The van der Waals surface area contributed by atoms with Gasteiger partial charge in [-0.05, 0) is 56.5 Å². The molecule has 0 aliphatic heterocycles. The van der Waals surface area contributed by atoms with Crippen LogP contribution in [0.3, 0.4) is 0 Å². The van der Waals surface area contributed by atoms with Gasteiger partial charge in [0.1, 0.15) is 0 Å². The number of nitrogens with zero attached hydrogens (tertiary/aromatic N) is 1. The van der Waals surface area contributed by atoms with Crippen LogP contribution in [-0.2, 0) is 0 Å². The first kappa shape index (κ1) is 18.0. The van der Waals surface area contributed by atoms with E-state index in [9.17, 15) is 0 Å². The van der Waals surface area contributed by atoms with Crippen LogP contribution >= 0.6 is 0 Å². The van der Waals surface area contributed by atoms with E-state index < -0.39 is 0 Å². The lowest BCUT2D eigenvalue weighted by Crippen LogP contribution is -2.44. The summed E-state index contributed by atoms with van der Waals surface area (Å²) in [4.78, 5) is 2.64. The topological polar surface area (TPSA) is 29.3 Å². The van der Waals surface area contributed by atoms with Gasteiger partial charge in [-0.3, -0.25) is 0 Å². The second-order valence-corrected chi connectivity index (χ2v) is 7.73. The molecule has 0 radical (unpaired) electrons. The molecule has 20 heavy (non-hydrogen) atoms. The molecule has 0 bridgehead atoms. The van der Waals surface area contributed by atoms with Crippen molar-refractivity contribution >= 4 is 0 Å². The van der Waals surface area contributed by atoms with Crippen molar-refractivity contribution in [2.75, 3.05) is 19.6 Å². The summed E-state index contributed by atoms with van der Waals surface area (Å²) in [5.41, 5.74) is 6.52. The molecular formula is C18H38N2. The molecular weight excluding hydrogens is 244 g/mol. The third-order valence-electron chi connectivity index (χ3n) is 4.77. The monoisotopic (exact) mass is 282 g/mol. The lowest BCUT2D eigenvalue weighted by atomic mass is 9.84. The molecule has 1 rings (SSSR count). The maximum Gasteiger partial charge on any atom is 0.0196 e. The molecule has 0 aromatic rings. The van der Waals surface area contributed by atoms with Crippen LogP contribution < -0.4 is 5.73 Å². The second kappa shape index (κ2) is 9.78. The smallest absolute Gasteiger partial charge is 0.0196 e. The SMILES string of the molecule is CC(C)CCN(CCC(C)C)CC(N)C1CCCCC1. The van der Waals surface area contributed by atoms with Crippen LogP contribution in [0.2, 0.25) is 0 Å². The molecule has 0 spiro atoms. The Morgan fingerprint density at radius 1 is 0.900 bits per heavy atom. The first-order chi connectivity index (χ1) is 9.49. The Bertz CT molecular complexity index is 220. The molecule has 1 aliphatic carbocycles. The van der Waals surface area contributed by atoms with Crippen LogP contribution in [0.4, 0.5) is 0 Å². The number of rotatable bonds is 9. The molecule has 2 nitrogen and oxygen atoms in total. The van der Waals surface area contributed by atoms with Crippen molar-refractivity contribution in [1.29, 1.82) is 0 Å². The summed E-state index contributed by atoms with van der Waals surface area (Å²) in [6.07, 6.45) is 9.55. The third-order valence-corrected chi connectivity index (χ3v) is 4.77. The average molecular weight is 283 g/mol. The van der Waals surface area contributed by atoms with Crippen molar-refractivity contribution in [1.82, 2.24) is 4.90 Å². The van der Waals surface area contributed by atoms with Crippen molar-refractivity contribution in [3.8, 4) is 0 Å². The standard InChI is InChI=1S/C18H38N2/c1-15(2)10-12-20(13-11-16(3)4)14-18(19)17-8-6-5-7-9-17/h15-18H,5-14,19H2,1-4H3. The van der Waals surface area contributed by atoms with E-state index in [1.807, 2.05) is 0 Å². The van der Waals surface area contributed by atoms with Crippen molar-refractivity contribution in [3.05, 3.63) is 0 Å². The Labute approximate surface area is 127 Å². The van der Waals surface area contributed by atoms with Crippen LogP contribution in [0.25, 0.3) is 0 Å². The Morgan fingerprint density at radius 2 is 1.40 bits per heavy atom. The first-order valence-corrected chi connectivity index (χ1v) is 8.97. The second-order valence-electron chi connectivity index (χ2n) is 7.73. The molecule has 0 amide bonds. The Kier molecular flexibility index (Phi) is 8.79. The van der Waals surface area contributed by atoms with Gasteiger partial charge in [-0.2, -0.15) is 0 Å². The van der Waals surface area contributed by atoms with E-state index in [4.69, 9.17) is 5.73 Å². The van der Waals surface area contributed by atoms with Gasteiger partial charge >= 0.3 is 0 Å². The van der Waals surface area contributed by atoms with Gasteiger partial charge in [-0.1, -0.05) is 47.0 Å². The molecule has 1 saturated carbocycles. The summed E-state index contributed by atoms with van der Waals surface area (Å²) in [7, 11) is 0. The predicted molar refractivity (Wildman–Crippen MR) is 89.9 cm³/mol. The van der Waals surface area contributed by atoms with E-state index in [1.54, 1.807) is 0 Å². The number of hydrogen-bond donors (Lipinski definition) is 1. The van der Waals surface area contributed by atoms with Crippen LogP contribution in [-0.4, -0.2) is 30.6 Å². The Morgan fingerprint density at radius 3 is 1.85 bits per heavy atom. The normalized spacial score (nSPS) is 19.2. The maximum absolute atomic E-state index is 6.52. The summed E-state index contributed by atoms with van der Waals surface area (Å²) in [6.45, 7) is 12.9. The molecule has 2 heteroatoms. The van der Waals surface area contributed by atoms with E-state index in [1.165, 1.54) is 58.0 Å². The van der Waals surface area contributed by atoms with Crippen molar-refractivity contribution in [2.45, 2.75) is 78.7 Å². The molecule has 1 aliphatic rings. The van der Waals surface area contributed by atoms with Gasteiger partial charge in [-0.25, -0.2) is 0 Å². The fourth-order valence-electron chi connectivity index (χ4n) is 3.19. The largest absolute Gasteiger partial charge is 0.326 e. The quantitative estimate of drug-likeness (QED) is 0.683. The molecule has 0 aromatic heterocycles. The zero-order valence-electron chi connectivity index (χ0n) is 14.4. The van der Waals surface area contributed by atoms with E-state index in [-0.39, 0.29) is 0 Å². The van der Waals surface area contributed by atoms with E-state index in [2.05, 4.69) is 32.6 Å². The van der Waals surface area contributed by atoms with Crippen LogP contribution in [0, 0.1) is 17.8 Å². The molecule has 0 heterocycles. The highest BCUT2D eigenvalue weighted by atomic mass is 15.1. The van der Waals surface area contributed by atoms with Crippen molar-refractivity contribution < 1.29 is 0 Å². The lowest BCUT2D eigenvalue weighted by molar-refractivity contribution is 0.191. The van der Waals surface area contributed by atoms with Crippen LogP contribution in [0.1, 0.15) is 72.6 Å². The average Bonchev–Trinajstić information content (AvgIpc) is 2.42. The molecule has 2 N–H and O–H groups in total. The highest BCUT2D eigenvalue weighted by Crippen LogP contribution is 2.26. The third kappa shape index (κ3) is 7.64. The van der Waals surface area contributed by atoms with E-state index in [0.717, 1.165) is 24.3 Å². The minimum absolute atomic E-state index is 0.398. The van der Waals surface area contributed by atoms with Crippen molar-refractivity contribution in [2.24, 2.45) is 23.5 Å². The van der Waals surface area contributed by atoms with Gasteiger partial charge in [-0.15, -0.1) is 0 Å². The summed E-state index contributed by atoms with van der Waals surface area (Å²) < 4.78 is 0. The minimum Gasteiger partial charge on any atom is -0.326 e. The predicted octanol–water partition coefficient (Wildman–Crippen LogP) is 4.29. The molecule has 1 unspecified atom stereocenters. The Hall–Kier alpha value is -0.0800. The zero-order valence-corrected chi connectivity index (χ0v) is 14.4. The summed E-state index contributed by atoms with van der Waals surface area (Å²) in [5.74, 6) is 2.37. The van der Waals surface area contributed by atoms with Gasteiger partial charge < -0.3 is 10.6 Å². The van der Waals surface area contributed by atoms with Gasteiger partial charge in [0.2, 0.25) is 0 Å². The fraction of sp³-hybridized carbons (Fsp3) is 1.00. The maximum atomic E-state index is 6.52. The molecule has 0 saturated heterocycles. The summed E-state index contributed by atoms with van der Waals surface area (Å²) >= 11 is 0. The van der Waals surface area contributed by atoms with Gasteiger partial charge in [0, 0.05) is 12.6 Å². The van der Waals surface area contributed by atoms with Crippen LogP contribution in [0.15, 0.2) is 0 Å². The van der Waals surface area contributed by atoms with E-state index >= 15 is 0 Å².